The molecule has 144 valence electrons. The number of hydrogen-bond acceptors (Lipinski definition) is 0. The van der Waals surface area contributed by atoms with Crippen molar-refractivity contribution >= 4 is 0 Å². The Balaban J connectivity index is 2.11. The summed E-state index contributed by atoms with van der Waals surface area (Å²) in [5.41, 5.74) is 1.12. The van der Waals surface area contributed by atoms with E-state index in [-0.39, 0.29) is 5.56 Å². The van der Waals surface area contributed by atoms with E-state index in [1.54, 1.807) is 12.1 Å². The lowest BCUT2D eigenvalue weighted by atomic mass is 9.99. The van der Waals surface area contributed by atoms with Gasteiger partial charge in [0.2, 0.25) is 0 Å². The van der Waals surface area contributed by atoms with Crippen molar-refractivity contribution in [3.8, 4) is 23.0 Å². The van der Waals surface area contributed by atoms with Crippen LogP contribution in [-0.4, -0.2) is 6.18 Å². The third kappa shape index (κ3) is 6.71. The maximum Gasteiger partial charge on any atom is 0.458 e. The lowest BCUT2D eigenvalue weighted by molar-refractivity contribution is -0.0696. The minimum absolute atomic E-state index is 0.261. The van der Waals surface area contributed by atoms with Gasteiger partial charge in [0.05, 0.1) is 5.56 Å². The van der Waals surface area contributed by atoms with E-state index in [4.69, 9.17) is 0 Å². The Morgan fingerprint density at radius 2 is 1.41 bits per heavy atom. The van der Waals surface area contributed by atoms with Gasteiger partial charge in [-0.05, 0) is 41.7 Å². The molecule has 2 aromatic carbocycles. The summed E-state index contributed by atoms with van der Waals surface area (Å²) in [7, 11) is 0. The molecule has 0 radical (unpaired) electrons. The molecule has 0 aliphatic heterocycles. The van der Waals surface area contributed by atoms with Crippen LogP contribution in [0.5, 0.6) is 0 Å². The fraction of sp³-hybridized carbons (Fsp3) is 0.364. The predicted molar refractivity (Wildman–Crippen MR) is 97.2 cm³/mol. The van der Waals surface area contributed by atoms with Crippen LogP contribution < -0.4 is 0 Å². The number of aryl methyl sites for hydroxylation is 1. The first kappa shape index (κ1) is 21.0. The van der Waals surface area contributed by atoms with Gasteiger partial charge in [0, 0.05) is 5.92 Å². The second-order valence-corrected chi connectivity index (χ2v) is 6.42. The van der Waals surface area contributed by atoms with Crippen LogP contribution >= 0.6 is 0 Å². The Morgan fingerprint density at radius 1 is 0.815 bits per heavy atom. The van der Waals surface area contributed by atoms with E-state index in [2.05, 4.69) is 6.92 Å². The lowest BCUT2D eigenvalue weighted by Gasteiger charge is -2.07. The van der Waals surface area contributed by atoms with Gasteiger partial charge in [-0.25, -0.2) is 8.78 Å². The summed E-state index contributed by atoms with van der Waals surface area (Å²) in [4.78, 5) is 0. The predicted octanol–water partition coefficient (Wildman–Crippen LogP) is 7.06. The number of alkyl halides is 3. The third-order valence-electron chi connectivity index (χ3n) is 4.23. The van der Waals surface area contributed by atoms with E-state index in [1.165, 1.54) is 31.6 Å². The van der Waals surface area contributed by atoms with Gasteiger partial charge in [-0.2, -0.15) is 13.2 Å². The molecule has 0 N–H and O–H groups in total. The highest BCUT2D eigenvalue weighted by Crippen LogP contribution is 2.25. The van der Waals surface area contributed by atoms with Crippen molar-refractivity contribution in [2.45, 2.75) is 51.6 Å². The third-order valence-corrected chi connectivity index (χ3v) is 4.23. The SMILES string of the molecule is CCCCCCCc1ccc(-c2cc(F)c(C#CC(F)(F)F)c(F)c2)cc1. The van der Waals surface area contributed by atoms with Crippen LogP contribution in [0.3, 0.4) is 0 Å². The van der Waals surface area contributed by atoms with Gasteiger partial charge >= 0.3 is 6.18 Å². The molecule has 0 aromatic heterocycles. The van der Waals surface area contributed by atoms with Gasteiger partial charge in [0.25, 0.3) is 0 Å². The molecule has 0 saturated heterocycles. The molecule has 0 unspecified atom stereocenters. The molecule has 27 heavy (non-hydrogen) atoms. The molecule has 0 amide bonds. The molecule has 0 nitrogen and oxygen atoms in total. The van der Waals surface area contributed by atoms with E-state index in [0.29, 0.717) is 5.56 Å². The van der Waals surface area contributed by atoms with Crippen molar-refractivity contribution in [2.24, 2.45) is 0 Å². The second-order valence-electron chi connectivity index (χ2n) is 6.42. The smallest absolute Gasteiger partial charge is 0.205 e. The fourth-order valence-electron chi connectivity index (χ4n) is 2.79. The summed E-state index contributed by atoms with van der Waals surface area (Å²) in [5, 5.41) is 0. The van der Waals surface area contributed by atoms with Gasteiger partial charge in [-0.3, -0.25) is 0 Å². The molecule has 2 aromatic rings. The molecule has 0 saturated carbocycles. The summed E-state index contributed by atoms with van der Waals surface area (Å²) in [5.74, 6) is 0.191. The van der Waals surface area contributed by atoms with Crippen molar-refractivity contribution in [1.82, 2.24) is 0 Å². The van der Waals surface area contributed by atoms with Crippen LogP contribution in [0.25, 0.3) is 11.1 Å². The van der Waals surface area contributed by atoms with Gasteiger partial charge in [-0.15, -0.1) is 0 Å². The average Bonchev–Trinajstić information content (AvgIpc) is 2.60. The number of hydrogen-bond donors (Lipinski definition) is 0. The van der Waals surface area contributed by atoms with Gasteiger partial charge in [-0.1, -0.05) is 62.8 Å². The molecule has 0 aliphatic rings. The number of rotatable bonds is 7. The molecule has 0 fully saturated rings. The van der Waals surface area contributed by atoms with E-state index in [1.807, 2.05) is 12.1 Å². The number of halogens is 5. The molecular formula is C22H21F5. The zero-order valence-electron chi connectivity index (χ0n) is 15.1. The molecule has 0 bridgehead atoms. The molecule has 0 spiro atoms. The molecule has 0 heterocycles. The van der Waals surface area contributed by atoms with Crippen molar-refractivity contribution in [2.75, 3.05) is 0 Å². The van der Waals surface area contributed by atoms with Crippen LogP contribution in [-0.2, 0) is 6.42 Å². The topological polar surface area (TPSA) is 0 Å². The fourth-order valence-corrected chi connectivity index (χ4v) is 2.79. The van der Waals surface area contributed by atoms with Crippen LogP contribution in [0.1, 0.15) is 50.2 Å². The highest BCUT2D eigenvalue weighted by molar-refractivity contribution is 5.65. The highest BCUT2D eigenvalue weighted by atomic mass is 19.4. The zero-order chi connectivity index (χ0) is 19.9. The summed E-state index contributed by atoms with van der Waals surface area (Å²) in [6, 6.07) is 9.34. The quantitative estimate of drug-likeness (QED) is 0.274. The molecule has 0 aliphatic carbocycles. The summed E-state index contributed by atoms with van der Waals surface area (Å²) >= 11 is 0. The molecule has 2 rings (SSSR count). The van der Waals surface area contributed by atoms with Crippen molar-refractivity contribution in [1.29, 1.82) is 0 Å². The Bertz CT molecular complexity index is 784. The Morgan fingerprint density at radius 3 is 1.96 bits per heavy atom. The van der Waals surface area contributed by atoms with E-state index < -0.39 is 23.4 Å². The monoisotopic (exact) mass is 380 g/mol. The van der Waals surface area contributed by atoms with Crippen LogP contribution in [0.15, 0.2) is 36.4 Å². The minimum atomic E-state index is -4.80. The molecule has 5 heteroatoms. The van der Waals surface area contributed by atoms with Gasteiger partial charge < -0.3 is 0 Å². The Labute approximate surface area is 156 Å². The molecular weight excluding hydrogens is 359 g/mol. The second kappa shape index (κ2) is 9.55. The molecule has 0 atom stereocenters. The van der Waals surface area contributed by atoms with Crippen molar-refractivity contribution in [3.05, 3.63) is 59.2 Å². The first-order chi connectivity index (χ1) is 12.8. The number of unbranched alkanes of at least 4 members (excludes halogenated alkanes) is 4. The maximum atomic E-state index is 14.0. The summed E-state index contributed by atoms with van der Waals surface area (Å²) < 4.78 is 64.4. The summed E-state index contributed by atoms with van der Waals surface area (Å²) in [6.07, 6.45) is 2.06. The standard InChI is InChI=1S/C22H21F5/c1-2-3-4-5-6-7-16-8-10-17(11-9-16)18-14-20(23)19(21(24)15-18)12-13-22(25,26)27/h8-11,14-15H,2-7H2,1H3. The largest absolute Gasteiger partial charge is 0.458 e. The highest BCUT2D eigenvalue weighted by Gasteiger charge is 2.23. The summed E-state index contributed by atoms with van der Waals surface area (Å²) in [6.45, 7) is 2.17. The van der Waals surface area contributed by atoms with Crippen molar-refractivity contribution in [3.63, 3.8) is 0 Å². The van der Waals surface area contributed by atoms with Gasteiger partial charge in [0.15, 0.2) is 0 Å². The average molecular weight is 380 g/mol. The van der Waals surface area contributed by atoms with Crippen LogP contribution in [0, 0.1) is 23.5 Å². The number of benzene rings is 2. The first-order valence-electron chi connectivity index (χ1n) is 8.98. The van der Waals surface area contributed by atoms with E-state index in [0.717, 1.165) is 36.5 Å². The van der Waals surface area contributed by atoms with Crippen molar-refractivity contribution < 1.29 is 22.0 Å². The van der Waals surface area contributed by atoms with E-state index in [9.17, 15) is 22.0 Å². The van der Waals surface area contributed by atoms with Crippen LogP contribution in [0.4, 0.5) is 22.0 Å². The maximum absolute atomic E-state index is 14.0. The normalized spacial score (nSPS) is 11.2. The Kier molecular flexibility index (Phi) is 7.41. The van der Waals surface area contributed by atoms with E-state index >= 15 is 0 Å². The Hall–Kier alpha value is -2.35. The lowest BCUT2D eigenvalue weighted by Crippen LogP contribution is -2.02. The first-order valence-corrected chi connectivity index (χ1v) is 8.98. The van der Waals surface area contributed by atoms with Crippen LogP contribution in [0.2, 0.25) is 0 Å². The minimum Gasteiger partial charge on any atom is -0.205 e. The zero-order valence-corrected chi connectivity index (χ0v) is 15.1. The van der Waals surface area contributed by atoms with Gasteiger partial charge in [0.1, 0.15) is 11.6 Å².